The average Bonchev–Trinajstić information content (AvgIpc) is 3.13. The first-order valence-electron chi connectivity index (χ1n) is 7.80. The summed E-state index contributed by atoms with van der Waals surface area (Å²) in [5, 5.41) is 8.27. The molecule has 1 aromatic carbocycles. The van der Waals surface area contributed by atoms with E-state index in [0.29, 0.717) is 29.9 Å². The molecule has 1 aliphatic heterocycles. The minimum Gasteiger partial charge on any atom is -0.486 e. The fourth-order valence-electron chi connectivity index (χ4n) is 2.29. The van der Waals surface area contributed by atoms with Gasteiger partial charge in [0.15, 0.2) is 5.82 Å². The van der Waals surface area contributed by atoms with E-state index in [2.05, 4.69) is 24.0 Å². The van der Waals surface area contributed by atoms with Gasteiger partial charge in [-0.25, -0.2) is 4.68 Å². The number of nitrogen functional groups attached to an aromatic ring is 1. The Morgan fingerprint density at radius 3 is 2.75 bits per heavy atom. The van der Waals surface area contributed by atoms with E-state index in [9.17, 15) is 4.79 Å². The zero-order valence-corrected chi connectivity index (χ0v) is 14.5. The number of rotatable bonds is 6. The van der Waals surface area contributed by atoms with Gasteiger partial charge in [0.2, 0.25) is 5.16 Å². The van der Waals surface area contributed by atoms with Crippen LogP contribution in [0.2, 0.25) is 0 Å². The summed E-state index contributed by atoms with van der Waals surface area (Å²) in [4.78, 5) is 11.5. The molecule has 0 amide bonds. The second-order valence-electron chi connectivity index (χ2n) is 5.84. The second kappa shape index (κ2) is 7.12. The van der Waals surface area contributed by atoms with Gasteiger partial charge in [-0.3, -0.25) is 4.79 Å². The van der Waals surface area contributed by atoms with Crippen LogP contribution in [0.1, 0.15) is 37.6 Å². The van der Waals surface area contributed by atoms with Crippen LogP contribution in [0.15, 0.2) is 29.4 Å². The quantitative estimate of drug-likeness (QED) is 0.631. The van der Waals surface area contributed by atoms with Crippen molar-refractivity contribution < 1.29 is 14.3 Å². The van der Waals surface area contributed by atoms with Crippen LogP contribution in [-0.4, -0.2) is 32.7 Å². The molecule has 0 aliphatic carbocycles. The highest BCUT2D eigenvalue weighted by Gasteiger charge is 2.29. The van der Waals surface area contributed by atoms with Gasteiger partial charge in [-0.15, -0.1) is 10.2 Å². The third kappa shape index (κ3) is 3.64. The third-order valence-electron chi connectivity index (χ3n) is 3.78. The first-order valence-corrected chi connectivity index (χ1v) is 8.68. The molecule has 1 aromatic heterocycles. The lowest BCUT2D eigenvalue weighted by Gasteiger charge is -2.09. The van der Waals surface area contributed by atoms with Crippen LogP contribution in [0.3, 0.4) is 0 Å². The maximum atomic E-state index is 11.5. The Morgan fingerprint density at radius 2 is 2.12 bits per heavy atom. The number of carbonyl (C=O) groups is 1. The number of aromatic nitrogens is 3. The highest BCUT2D eigenvalue weighted by Crippen LogP contribution is 2.28. The molecule has 1 saturated heterocycles. The van der Waals surface area contributed by atoms with Crippen LogP contribution in [0.4, 0.5) is 0 Å². The lowest BCUT2D eigenvalue weighted by molar-refractivity contribution is -0.137. The van der Waals surface area contributed by atoms with E-state index in [4.69, 9.17) is 15.3 Å². The first-order chi connectivity index (χ1) is 11.5. The molecule has 128 valence electrons. The van der Waals surface area contributed by atoms with Gasteiger partial charge in [0.05, 0.1) is 6.61 Å². The molecule has 0 saturated carbocycles. The minimum atomic E-state index is -0.270. The Hall–Kier alpha value is -2.22. The van der Waals surface area contributed by atoms with Crippen molar-refractivity contribution >= 4 is 17.7 Å². The fraction of sp³-hybridized carbons (Fsp3) is 0.438. The predicted molar refractivity (Wildman–Crippen MR) is 90.3 cm³/mol. The summed E-state index contributed by atoms with van der Waals surface area (Å²) in [5.41, 5.74) is 1.26. The van der Waals surface area contributed by atoms with E-state index in [1.807, 2.05) is 24.3 Å². The van der Waals surface area contributed by atoms with Crippen LogP contribution < -0.4 is 10.6 Å². The van der Waals surface area contributed by atoms with Crippen molar-refractivity contribution in [1.82, 2.24) is 14.9 Å². The molecule has 0 radical (unpaired) electrons. The Bertz CT molecular complexity index is 715. The molecular formula is C16H20N4O3S. The summed E-state index contributed by atoms with van der Waals surface area (Å²) >= 11 is 1.27. The van der Waals surface area contributed by atoms with Crippen molar-refractivity contribution in [1.29, 1.82) is 0 Å². The van der Waals surface area contributed by atoms with Gasteiger partial charge >= 0.3 is 5.97 Å². The zero-order chi connectivity index (χ0) is 17.1. The molecule has 24 heavy (non-hydrogen) atoms. The Morgan fingerprint density at radius 1 is 1.38 bits per heavy atom. The molecule has 7 nitrogen and oxygen atoms in total. The van der Waals surface area contributed by atoms with E-state index in [1.165, 1.54) is 22.0 Å². The van der Waals surface area contributed by atoms with Crippen LogP contribution in [0.5, 0.6) is 5.75 Å². The highest BCUT2D eigenvalue weighted by atomic mass is 32.2. The van der Waals surface area contributed by atoms with E-state index >= 15 is 0 Å². The normalized spacial score (nSPS) is 17.3. The van der Waals surface area contributed by atoms with E-state index in [1.54, 1.807) is 0 Å². The van der Waals surface area contributed by atoms with Crippen molar-refractivity contribution in [3.8, 4) is 5.75 Å². The standard InChI is InChI=1S/C16H20N4O3S/c1-10(2)11-3-5-12(6-4-11)23-9-14-18-19-16(20(14)17)24-13-7-8-22-15(13)21/h3-6,10,13H,7-9,17H2,1-2H3/t13-/m1/s1. The van der Waals surface area contributed by atoms with Gasteiger partial charge in [-0.1, -0.05) is 37.7 Å². The van der Waals surface area contributed by atoms with Gasteiger partial charge < -0.3 is 15.3 Å². The fourth-order valence-corrected chi connectivity index (χ4v) is 3.23. The molecule has 0 unspecified atom stereocenters. The molecular weight excluding hydrogens is 328 g/mol. The Kier molecular flexibility index (Phi) is 4.94. The smallest absolute Gasteiger partial charge is 0.319 e. The average molecular weight is 348 g/mol. The summed E-state index contributed by atoms with van der Waals surface area (Å²) in [5.74, 6) is 7.49. The summed E-state index contributed by atoms with van der Waals surface area (Å²) in [7, 11) is 0. The second-order valence-corrected chi connectivity index (χ2v) is 7.01. The largest absolute Gasteiger partial charge is 0.486 e. The van der Waals surface area contributed by atoms with Crippen molar-refractivity contribution in [2.24, 2.45) is 0 Å². The molecule has 1 atom stereocenters. The molecule has 0 spiro atoms. The summed E-state index contributed by atoms with van der Waals surface area (Å²) in [6.07, 6.45) is 0.657. The lowest BCUT2D eigenvalue weighted by Crippen LogP contribution is -2.18. The third-order valence-corrected chi connectivity index (χ3v) is 4.99. The van der Waals surface area contributed by atoms with Crippen LogP contribution in [0.25, 0.3) is 0 Å². The number of benzene rings is 1. The Labute approximate surface area is 144 Å². The maximum Gasteiger partial charge on any atom is 0.319 e. The Balaban J connectivity index is 1.60. The van der Waals surface area contributed by atoms with Gasteiger partial charge in [0.25, 0.3) is 0 Å². The maximum absolute atomic E-state index is 11.5. The van der Waals surface area contributed by atoms with E-state index in [0.717, 1.165) is 5.75 Å². The van der Waals surface area contributed by atoms with E-state index < -0.39 is 0 Å². The topological polar surface area (TPSA) is 92.3 Å². The lowest BCUT2D eigenvalue weighted by atomic mass is 10.0. The van der Waals surface area contributed by atoms with Crippen LogP contribution in [-0.2, 0) is 16.1 Å². The summed E-state index contributed by atoms with van der Waals surface area (Å²) in [6.45, 7) is 4.94. The molecule has 8 heteroatoms. The van der Waals surface area contributed by atoms with Crippen LogP contribution in [0, 0.1) is 0 Å². The molecule has 2 aromatic rings. The molecule has 1 fully saturated rings. The number of nitrogens with zero attached hydrogens (tertiary/aromatic N) is 3. The van der Waals surface area contributed by atoms with Gasteiger partial charge in [-0.2, -0.15) is 0 Å². The number of thioether (sulfide) groups is 1. The number of hydrogen-bond donors (Lipinski definition) is 1. The number of cyclic esters (lactones) is 1. The van der Waals surface area contributed by atoms with Crippen molar-refractivity contribution in [3.63, 3.8) is 0 Å². The van der Waals surface area contributed by atoms with Crippen molar-refractivity contribution in [2.45, 2.75) is 43.2 Å². The molecule has 0 bridgehead atoms. The number of esters is 1. The summed E-state index contributed by atoms with van der Waals surface area (Å²) < 4.78 is 12.0. The zero-order valence-electron chi connectivity index (χ0n) is 13.6. The number of hydrogen-bond acceptors (Lipinski definition) is 7. The van der Waals surface area contributed by atoms with E-state index in [-0.39, 0.29) is 17.8 Å². The number of nitrogens with two attached hydrogens (primary N) is 1. The van der Waals surface area contributed by atoms with Gasteiger partial charge in [0.1, 0.15) is 17.6 Å². The minimum absolute atomic E-state index is 0.209. The highest BCUT2D eigenvalue weighted by molar-refractivity contribution is 8.00. The molecule has 2 N–H and O–H groups in total. The number of carbonyl (C=O) groups excluding carboxylic acids is 1. The first kappa shape index (κ1) is 16.6. The molecule has 3 rings (SSSR count). The summed E-state index contributed by atoms with van der Waals surface area (Å²) in [6, 6.07) is 7.94. The SMILES string of the molecule is CC(C)c1ccc(OCc2nnc(S[C@@H]3CCOC3=O)n2N)cc1. The van der Waals surface area contributed by atoms with Gasteiger partial charge in [-0.05, 0) is 23.6 Å². The molecule has 1 aliphatic rings. The van der Waals surface area contributed by atoms with Crippen molar-refractivity contribution in [2.75, 3.05) is 12.4 Å². The monoisotopic (exact) mass is 348 g/mol. The van der Waals surface area contributed by atoms with Crippen LogP contribution >= 0.6 is 11.8 Å². The number of ether oxygens (including phenoxy) is 2. The molecule has 2 heterocycles. The van der Waals surface area contributed by atoms with Crippen molar-refractivity contribution in [3.05, 3.63) is 35.7 Å². The van der Waals surface area contributed by atoms with Gasteiger partial charge in [0, 0.05) is 6.42 Å². The predicted octanol–water partition coefficient (Wildman–Crippen LogP) is 2.10.